The highest BCUT2D eigenvalue weighted by atomic mass is 16.4. The fourth-order valence-corrected chi connectivity index (χ4v) is 3.80. The minimum atomic E-state index is -0.783. The van der Waals surface area contributed by atoms with Gasteiger partial charge in [-0.05, 0) is 38.0 Å². The van der Waals surface area contributed by atoms with E-state index in [2.05, 4.69) is 13.8 Å². The summed E-state index contributed by atoms with van der Waals surface area (Å²) >= 11 is 0. The second-order valence-electron chi connectivity index (χ2n) is 6.68. The van der Waals surface area contributed by atoms with Crippen LogP contribution in [0.5, 0.6) is 0 Å². The second kappa shape index (κ2) is 6.15. The van der Waals surface area contributed by atoms with Crippen molar-refractivity contribution in [3.05, 3.63) is 0 Å². The minimum absolute atomic E-state index is 0.0672. The summed E-state index contributed by atoms with van der Waals surface area (Å²) in [6.45, 7) is 5.20. The molecule has 4 heteroatoms. The lowest BCUT2D eigenvalue weighted by molar-refractivity contribution is -0.160. The van der Waals surface area contributed by atoms with E-state index >= 15 is 0 Å². The number of nitrogens with zero attached hydrogens (tertiary/aromatic N) is 1. The molecular formula is C16H27NO3. The van der Waals surface area contributed by atoms with E-state index < -0.39 is 11.4 Å². The van der Waals surface area contributed by atoms with E-state index in [4.69, 9.17) is 0 Å². The highest BCUT2D eigenvalue weighted by Crippen LogP contribution is 2.45. The van der Waals surface area contributed by atoms with Crippen LogP contribution >= 0.6 is 0 Å². The summed E-state index contributed by atoms with van der Waals surface area (Å²) in [7, 11) is 0. The number of likely N-dealkylation sites (tertiary alicyclic amines) is 1. The Balaban J connectivity index is 1.99. The van der Waals surface area contributed by atoms with Gasteiger partial charge in [0.2, 0.25) is 5.91 Å². The number of hydrogen-bond acceptors (Lipinski definition) is 2. The van der Waals surface area contributed by atoms with E-state index in [0.717, 1.165) is 38.6 Å². The minimum Gasteiger partial charge on any atom is -0.481 e. The zero-order valence-electron chi connectivity index (χ0n) is 12.7. The Bertz CT molecular complexity index is 376. The molecule has 1 heterocycles. The molecule has 1 N–H and O–H groups in total. The Morgan fingerprint density at radius 2 is 2.05 bits per heavy atom. The second-order valence-corrected chi connectivity index (χ2v) is 6.68. The molecule has 2 fully saturated rings. The van der Waals surface area contributed by atoms with Crippen LogP contribution < -0.4 is 0 Å². The molecule has 0 aromatic rings. The van der Waals surface area contributed by atoms with Crippen LogP contribution in [0, 0.1) is 11.3 Å². The third-order valence-electron chi connectivity index (χ3n) is 5.27. The summed E-state index contributed by atoms with van der Waals surface area (Å²) in [5, 5.41) is 9.36. The fraction of sp³-hybridized carbons (Fsp3) is 0.875. The molecule has 1 aliphatic heterocycles. The third kappa shape index (κ3) is 2.84. The first-order valence-corrected chi connectivity index (χ1v) is 8.03. The van der Waals surface area contributed by atoms with E-state index in [9.17, 15) is 14.7 Å². The number of carboxylic acids is 1. The van der Waals surface area contributed by atoms with Crippen molar-refractivity contribution in [3.63, 3.8) is 0 Å². The highest BCUT2D eigenvalue weighted by molar-refractivity contribution is 5.86. The van der Waals surface area contributed by atoms with Gasteiger partial charge in [0, 0.05) is 19.0 Å². The van der Waals surface area contributed by atoms with Crippen molar-refractivity contribution in [3.8, 4) is 0 Å². The maximum absolute atomic E-state index is 12.5. The molecule has 0 bridgehead atoms. The van der Waals surface area contributed by atoms with Crippen LogP contribution in [0.1, 0.15) is 65.2 Å². The monoisotopic (exact) mass is 281 g/mol. The van der Waals surface area contributed by atoms with Gasteiger partial charge < -0.3 is 10.0 Å². The summed E-state index contributed by atoms with van der Waals surface area (Å²) in [6, 6.07) is 0.327. The zero-order valence-corrected chi connectivity index (χ0v) is 12.7. The molecule has 4 nitrogen and oxygen atoms in total. The van der Waals surface area contributed by atoms with Crippen LogP contribution in [0.15, 0.2) is 0 Å². The molecule has 1 amide bonds. The molecule has 1 saturated heterocycles. The average Bonchev–Trinajstić information content (AvgIpc) is 2.82. The van der Waals surface area contributed by atoms with Crippen molar-refractivity contribution in [1.82, 2.24) is 4.90 Å². The molecule has 2 atom stereocenters. The summed E-state index contributed by atoms with van der Waals surface area (Å²) < 4.78 is 0. The van der Waals surface area contributed by atoms with Gasteiger partial charge in [-0.25, -0.2) is 0 Å². The van der Waals surface area contributed by atoms with E-state index in [1.165, 1.54) is 0 Å². The van der Waals surface area contributed by atoms with Gasteiger partial charge in [0.1, 0.15) is 0 Å². The number of rotatable bonds is 6. The van der Waals surface area contributed by atoms with Crippen molar-refractivity contribution in [1.29, 1.82) is 0 Å². The van der Waals surface area contributed by atoms with E-state index in [0.29, 0.717) is 24.8 Å². The van der Waals surface area contributed by atoms with E-state index in [1.54, 1.807) is 0 Å². The zero-order chi connectivity index (χ0) is 14.8. The Morgan fingerprint density at radius 3 is 2.55 bits per heavy atom. The van der Waals surface area contributed by atoms with Crippen LogP contribution in [-0.2, 0) is 9.59 Å². The van der Waals surface area contributed by atoms with Gasteiger partial charge in [0.15, 0.2) is 0 Å². The normalized spacial score (nSPS) is 26.1. The van der Waals surface area contributed by atoms with E-state index in [1.807, 2.05) is 4.90 Å². The Kier molecular flexibility index (Phi) is 4.71. The van der Waals surface area contributed by atoms with Crippen LogP contribution in [-0.4, -0.2) is 34.5 Å². The molecule has 2 aliphatic rings. The maximum Gasteiger partial charge on any atom is 0.310 e. The van der Waals surface area contributed by atoms with Gasteiger partial charge in [-0.15, -0.1) is 0 Å². The predicted molar refractivity (Wildman–Crippen MR) is 77.3 cm³/mol. The van der Waals surface area contributed by atoms with Crippen molar-refractivity contribution < 1.29 is 14.7 Å². The first kappa shape index (κ1) is 15.3. The molecule has 114 valence electrons. The lowest BCUT2D eigenvalue weighted by Crippen LogP contribution is -2.46. The largest absolute Gasteiger partial charge is 0.481 e. The van der Waals surface area contributed by atoms with Crippen molar-refractivity contribution >= 4 is 11.9 Å². The lowest BCUT2D eigenvalue weighted by Gasteiger charge is -2.39. The predicted octanol–water partition coefficient (Wildman–Crippen LogP) is 3.06. The van der Waals surface area contributed by atoms with Gasteiger partial charge in [-0.2, -0.15) is 0 Å². The number of aliphatic carboxylic acids is 1. The molecule has 0 aromatic carbocycles. The maximum atomic E-state index is 12.5. The quantitative estimate of drug-likeness (QED) is 0.814. The summed E-state index contributed by atoms with van der Waals surface area (Å²) in [6.07, 6.45) is 6.88. The summed E-state index contributed by atoms with van der Waals surface area (Å²) in [5.74, 6) is -0.194. The molecular weight excluding hydrogens is 254 g/mol. The molecule has 0 radical (unpaired) electrons. The number of amides is 1. The number of hydrogen-bond donors (Lipinski definition) is 1. The van der Waals surface area contributed by atoms with Gasteiger partial charge in [0.25, 0.3) is 0 Å². The molecule has 20 heavy (non-hydrogen) atoms. The van der Waals surface area contributed by atoms with Crippen molar-refractivity contribution in [2.75, 3.05) is 6.54 Å². The lowest BCUT2D eigenvalue weighted by atomic mass is 9.66. The van der Waals surface area contributed by atoms with Crippen molar-refractivity contribution in [2.24, 2.45) is 11.3 Å². The van der Waals surface area contributed by atoms with Crippen LogP contribution in [0.25, 0.3) is 0 Å². The highest BCUT2D eigenvalue weighted by Gasteiger charge is 2.47. The molecule has 2 unspecified atom stereocenters. The molecule has 0 aromatic heterocycles. The van der Waals surface area contributed by atoms with Gasteiger partial charge >= 0.3 is 5.97 Å². The van der Waals surface area contributed by atoms with Gasteiger partial charge in [0.05, 0.1) is 5.41 Å². The summed E-state index contributed by atoms with van der Waals surface area (Å²) in [4.78, 5) is 25.9. The third-order valence-corrected chi connectivity index (χ3v) is 5.27. The standard InChI is InChI=1S/C16H27NO3/c1-3-6-12(2)13-7-4-10-17(13)14(18)11-16(15(19)20)8-5-9-16/h12-13H,3-11H2,1-2H3,(H,19,20). The van der Waals surface area contributed by atoms with Gasteiger partial charge in [-0.1, -0.05) is 26.7 Å². The topological polar surface area (TPSA) is 57.6 Å². The fourth-order valence-electron chi connectivity index (χ4n) is 3.80. The van der Waals surface area contributed by atoms with E-state index in [-0.39, 0.29) is 12.3 Å². The molecule has 1 aliphatic carbocycles. The molecule has 2 rings (SSSR count). The number of carbonyl (C=O) groups excluding carboxylic acids is 1. The smallest absolute Gasteiger partial charge is 0.310 e. The average molecular weight is 281 g/mol. The van der Waals surface area contributed by atoms with Crippen molar-refractivity contribution in [2.45, 2.75) is 71.3 Å². The van der Waals surface area contributed by atoms with Crippen LogP contribution in [0.3, 0.4) is 0 Å². The summed E-state index contributed by atoms with van der Waals surface area (Å²) in [5.41, 5.74) is -0.752. The molecule has 1 saturated carbocycles. The Morgan fingerprint density at radius 1 is 1.35 bits per heavy atom. The SMILES string of the molecule is CCCC(C)C1CCCN1C(=O)CC1(C(=O)O)CCC1. The molecule has 0 spiro atoms. The van der Waals surface area contributed by atoms with Gasteiger partial charge in [-0.3, -0.25) is 9.59 Å². The Labute approximate surface area is 121 Å². The number of carbonyl (C=O) groups is 2. The first-order valence-electron chi connectivity index (χ1n) is 8.03. The first-order chi connectivity index (χ1) is 9.50. The number of carboxylic acid groups (broad SMARTS) is 1. The Hall–Kier alpha value is -1.06. The van der Waals surface area contributed by atoms with Crippen LogP contribution in [0.4, 0.5) is 0 Å². The van der Waals surface area contributed by atoms with Crippen LogP contribution in [0.2, 0.25) is 0 Å².